The third-order valence-corrected chi connectivity index (χ3v) is 4.80. The molecule has 7 nitrogen and oxygen atoms in total. The summed E-state index contributed by atoms with van der Waals surface area (Å²) in [6.07, 6.45) is 2.63. The van der Waals surface area contributed by atoms with Gasteiger partial charge in [0.25, 0.3) is 0 Å². The highest BCUT2D eigenvalue weighted by Gasteiger charge is 2.17. The average Bonchev–Trinajstić information content (AvgIpc) is 3.22. The number of fused-ring (bicyclic) bond motifs is 1. The lowest BCUT2D eigenvalue weighted by Gasteiger charge is -2.21. The zero-order valence-electron chi connectivity index (χ0n) is 16.5. The van der Waals surface area contributed by atoms with Gasteiger partial charge in [-0.25, -0.2) is 4.39 Å². The number of rotatable bonds is 9. The van der Waals surface area contributed by atoms with Gasteiger partial charge in [0.05, 0.1) is 19.8 Å². The topological polar surface area (TPSA) is 73.3 Å². The third-order valence-electron chi connectivity index (χ3n) is 4.80. The molecule has 8 heteroatoms. The van der Waals surface area contributed by atoms with E-state index in [-0.39, 0.29) is 12.6 Å². The molecule has 2 N–H and O–H groups in total. The van der Waals surface area contributed by atoms with E-state index in [1.165, 1.54) is 12.1 Å². The molecule has 0 amide bonds. The molecule has 0 spiro atoms. The number of guanidine groups is 1. The van der Waals surface area contributed by atoms with Gasteiger partial charge in [0.1, 0.15) is 11.6 Å². The Labute approximate surface area is 165 Å². The van der Waals surface area contributed by atoms with E-state index in [1.807, 2.05) is 0 Å². The molecule has 2 aliphatic heterocycles. The van der Waals surface area contributed by atoms with Gasteiger partial charge < -0.3 is 29.6 Å². The molecule has 2 heterocycles. The predicted molar refractivity (Wildman–Crippen MR) is 104 cm³/mol. The lowest BCUT2D eigenvalue weighted by atomic mass is 10.1. The Hall–Kier alpha value is -1.90. The maximum Gasteiger partial charge on any atom is 0.190 e. The highest BCUT2D eigenvalue weighted by molar-refractivity contribution is 5.79. The van der Waals surface area contributed by atoms with Crippen molar-refractivity contribution in [2.45, 2.75) is 25.9 Å². The first-order valence-corrected chi connectivity index (χ1v) is 9.88. The molecule has 1 unspecified atom stereocenters. The Morgan fingerprint density at radius 2 is 2.18 bits per heavy atom. The summed E-state index contributed by atoms with van der Waals surface area (Å²) in [6.45, 7) is 5.16. The molecule has 1 aromatic carbocycles. The van der Waals surface area contributed by atoms with Crippen LogP contribution in [0, 0.1) is 11.7 Å². The molecule has 156 valence electrons. The van der Waals surface area contributed by atoms with E-state index in [1.54, 1.807) is 7.05 Å². The SMILES string of the molecule is CN=C(NCCCOCC1CCOC1)NCCc1cc(F)cc2c1OCOC2. The second-order valence-corrected chi connectivity index (χ2v) is 7.00. The number of hydrogen-bond donors (Lipinski definition) is 2. The minimum Gasteiger partial charge on any atom is -0.467 e. The van der Waals surface area contributed by atoms with Crippen LogP contribution in [-0.4, -0.2) is 59.3 Å². The minimum atomic E-state index is -0.269. The van der Waals surface area contributed by atoms with Gasteiger partial charge >= 0.3 is 0 Å². The van der Waals surface area contributed by atoms with Crippen molar-refractivity contribution in [2.24, 2.45) is 10.9 Å². The number of hydrogen-bond acceptors (Lipinski definition) is 5. The first-order valence-electron chi connectivity index (χ1n) is 9.88. The van der Waals surface area contributed by atoms with Gasteiger partial charge in [-0.2, -0.15) is 0 Å². The van der Waals surface area contributed by atoms with Crippen LogP contribution < -0.4 is 15.4 Å². The molecule has 2 aliphatic rings. The minimum absolute atomic E-state index is 0.206. The molecule has 1 aromatic rings. The van der Waals surface area contributed by atoms with Crippen LogP contribution in [0.15, 0.2) is 17.1 Å². The molecule has 0 aliphatic carbocycles. The van der Waals surface area contributed by atoms with Gasteiger partial charge in [0.15, 0.2) is 12.8 Å². The van der Waals surface area contributed by atoms with Crippen molar-refractivity contribution in [3.05, 3.63) is 29.1 Å². The Morgan fingerprint density at radius 1 is 1.29 bits per heavy atom. The summed E-state index contributed by atoms with van der Waals surface area (Å²) in [5, 5.41) is 6.52. The molecule has 0 radical (unpaired) electrons. The van der Waals surface area contributed by atoms with Gasteiger partial charge in [-0.05, 0) is 37.0 Å². The monoisotopic (exact) mass is 395 g/mol. The summed E-state index contributed by atoms with van der Waals surface area (Å²) < 4.78 is 35.6. The summed E-state index contributed by atoms with van der Waals surface area (Å²) in [5.74, 6) is 1.74. The van der Waals surface area contributed by atoms with E-state index in [0.717, 1.165) is 68.6 Å². The molecule has 28 heavy (non-hydrogen) atoms. The molecular weight excluding hydrogens is 365 g/mol. The van der Waals surface area contributed by atoms with Crippen LogP contribution in [0.2, 0.25) is 0 Å². The zero-order chi connectivity index (χ0) is 19.6. The lowest BCUT2D eigenvalue weighted by molar-refractivity contribution is -0.0172. The van der Waals surface area contributed by atoms with Crippen LogP contribution in [0.4, 0.5) is 4.39 Å². The fourth-order valence-corrected chi connectivity index (χ4v) is 3.32. The van der Waals surface area contributed by atoms with Crippen molar-refractivity contribution in [3.8, 4) is 5.75 Å². The largest absolute Gasteiger partial charge is 0.467 e. The first-order chi connectivity index (χ1) is 13.8. The lowest BCUT2D eigenvalue weighted by Crippen LogP contribution is -2.39. The molecule has 0 bridgehead atoms. The number of nitrogens with zero attached hydrogens (tertiary/aromatic N) is 1. The summed E-state index contributed by atoms with van der Waals surface area (Å²) in [7, 11) is 1.73. The molecule has 3 rings (SSSR count). The molecular formula is C20H30FN3O4. The Bertz CT molecular complexity index is 651. The Kier molecular flexibility index (Phi) is 8.32. The first kappa shape index (κ1) is 20.8. The molecule has 0 aromatic heterocycles. The van der Waals surface area contributed by atoms with Crippen LogP contribution >= 0.6 is 0 Å². The van der Waals surface area contributed by atoms with Crippen molar-refractivity contribution in [1.29, 1.82) is 0 Å². The zero-order valence-corrected chi connectivity index (χ0v) is 16.5. The quantitative estimate of drug-likeness (QED) is 0.378. The second kappa shape index (κ2) is 11.2. The average molecular weight is 395 g/mol. The standard InChI is InChI=1S/C20H30FN3O4/c1-22-20(23-5-2-7-25-11-15-4-8-26-12-15)24-6-3-16-9-18(21)10-17-13-27-14-28-19(16)17/h9-10,15H,2-8,11-14H2,1H3,(H2,22,23,24). The van der Waals surface area contributed by atoms with E-state index < -0.39 is 0 Å². The summed E-state index contributed by atoms with van der Waals surface area (Å²) >= 11 is 0. The fourth-order valence-electron chi connectivity index (χ4n) is 3.32. The maximum absolute atomic E-state index is 13.8. The molecule has 1 atom stereocenters. The summed E-state index contributed by atoms with van der Waals surface area (Å²) in [4.78, 5) is 4.22. The third kappa shape index (κ3) is 6.32. The maximum atomic E-state index is 13.8. The van der Waals surface area contributed by atoms with Crippen LogP contribution in [0.1, 0.15) is 24.0 Å². The van der Waals surface area contributed by atoms with E-state index >= 15 is 0 Å². The van der Waals surface area contributed by atoms with Crippen LogP contribution in [0.25, 0.3) is 0 Å². The number of halogens is 1. The van der Waals surface area contributed by atoms with Gasteiger partial charge in [0, 0.05) is 44.8 Å². The van der Waals surface area contributed by atoms with Gasteiger partial charge in [-0.15, -0.1) is 0 Å². The molecule has 0 saturated carbocycles. The number of nitrogens with one attached hydrogen (secondary N) is 2. The summed E-state index contributed by atoms with van der Waals surface area (Å²) in [6, 6.07) is 2.99. The Morgan fingerprint density at radius 3 is 3.00 bits per heavy atom. The number of aliphatic imine (C=N–C) groups is 1. The van der Waals surface area contributed by atoms with Crippen molar-refractivity contribution < 1.29 is 23.3 Å². The smallest absolute Gasteiger partial charge is 0.190 e. The highest BCUT2D eigenvalue weighted by atomic mass is 19.1. The van der Waals surface area contributed by atoms with E-state index in [4.69, 9.17) is 18.9 Å². The fraction of sp³-hybridized carbons (Fsp3) is 0.650. The second-order valence-electron chi connectivity index (χ2n) is 7.00. The van der Waals surface area contributed by atoms with Gasteiger partial charge in [-0.3, -0.25) is 4.99 Å². The highest BCUT2D eigenvalue weighted by Crippen LogP contribution is 2.29. The van der Waals surface area contributed by atoms with Crippen molar-refractivity contribution in [2.75, 3.05) is 53.4 Å². The summed E-state index contributed by atoms with van der Waals surface area (Å²) in [5.41, 5.74) is 1.60. The van der Waals surface area contributed by atoms with E-state index in [2.05, 4.69) is 15.6 Å². The number of ether oxygens (including phenoxy) is 4. The normalized spacial score (nSPS) is 19.2. The predicted octanol–water partition coefficient (Wildman–Crippen LogP) is 1.84. The van der Waals surface area contributed by atoms with E-state index in [9.17, 15) is 4.39 Å². The molecule has 1 saturated heterocycles. The van der Waals surface area contributed by atoms with Crippen LogP contribution in [-0.2, 0) is 27.2 Å². The van der Waals surface area contributed by atoms with Crippen molar-refractivity contribution in [3.63, 3.8) is 0 Å². The number of benzene rings is 1. The van der Waals surface area contributed by atoms with E-state index in [0.29, 0.717) is 25.5 Å². The van der Waals surface area contributed by atoms with Crippen molar-refractivity contribution in [1.82, 2.24) is 10.6 Å². The molecule has 1 fully saturated rings. The van der Waals surface area contributed by atoms with Crippen LogP contribution in [0.5, 0.6) is 5.75 Å². The van der Waals surface area contributed by atoms with Gasteiger partial charge in [0.2, 0.25) is 0 Å². The van der Waals surface area contributed by atoms with Gasteiger partial charge in [-0.1, -0.05) is 0 Å². The van der Waals surface area contributed by atoms with Crippen molar-refractivity contribution >= 4 is 5.96 Å². The Balaban J connectivity index is 1.33. The van der Waals surface area contributed by atoms with Crippen LogP contribution in [0.3, 0.4) is 0 Å².